The maximum absolute atomic E-state index is 12.6. The Morgan fingerprint density at radius 1 is 1.10 bits per heavy atom. The molecule has 0 fully saturated rings. The minimum Gasteiger partial charge on any atom is -0.388 e. The van der Waals surface area contributed by atoms with Crippen LogP contribution in [-0.4, -0.2) is 33.0 Å². The van der Waals surface area contributed by atoms with Gasteiger partial charge in [-0.3, -0.25) is 9.78 Å². The van der Waals surface area contributed by atoms with E-state index in [0.29, 0.717) is 11.1 Å². The second-order valence-corrected chi connectivity index (χ2v) is 6.10. The Morgan fingerprint density at radius 3 is 2.10 bits per heavy atom. The first kappa shape index (κ1) is 16.6. The van der Waals surface area contributed by atoms with E-state index in [1.165, 1.54) is 0 Å². The molecule has 0 aliphatic rings. The summed E-state index contributed by atoms with van der Waals surface area (Å²) >= 11 is 0. The first-order valence-corrected chi connectivity index (χ1v) is 7.21. The van der Waals surface area contributed by atoms with Crippen molar-refractivity contribution in [3.63, 3.8) is 0 Å². The number of rotatable bonds is 5. The van der Waals surface area contributed by atoms with Crippen LogP contribution >= 0.6 is 0 Å². The van der Waals surface area contributed by atoms with E-state index in [1.54, 1.807) is 18.5 Å². The van der Waals surface area contributed by atoms with Crippen molar-refractivity contribution in [1.29, 1.82) is 0 Å². The Labute approximate surface area is 121 Å². The van der Waals surface area contributed by atoms with Crippen LogP contribution in [0.15, 0.2) is 18.5 Å². The highest BCUT2D eigenvalue weighted by molar-refractivity contribution is 5.94. The van der Waals surface area contributed by atoms with Gasteiger partial charge in [0, 0.05) is 24.5 Å². The van der Waals surface area contributed by atoms with Crippen molar-refractivity contribution < 1.29 is 9.90 Å². The second-order valence-electron chi connectivity index (χ2n) is 6.10. The topological polar surface area (TPSA) is 53.4 Å². The highest BCUT2D eigenvalue weighted by Gasteiger charge is 2.23. The molecular formula is C16H26N2O2. The molecule has 0 aromatic carbocycles. The molecule has 1 aromatic heterocycles. The van der Waals surface area contributed by atoms with E-state index < -0.39 is 6.10 Å². The number of aliphatic hydroxyl groups is 1. The lowest BCUT2D eigenvalue weighted by molar-refractivity contribution is 0.0642. The summed E-state index contributed by atoms with van der Waals surface area (Å²) in [5, 5.41) is 10.1. The van der Waals surface area contributed by atoms with E-state index in [1.807, 2.05) is 46.4 Å². The Kier molecular flexibility index (Phi) is 5.69. The van der Waals surface area contributed by atoms with Crippen LogP contribution in [0.4, 0.5) is 0 Å². The van der Waals surface area contributed by atoms with Crippen LogP contribution in [0, 0.1) is 5.92 Å². The third-order valence-electron chi connectivity index (χ3n) is 3.33. The minimum atomic E-state index is -0.596. The molecule has 1 amide bonds. The predicted octanol–water partition coefficient (Wildman–Crippen LogP) is 3.03. The molecule has 0 spiro atoms. The Hall–Kier alpha value is -1.42. The predicted molar refractivity (Wildman–Crippen MR) is 80.5 cm³/mol. The fourth-order valence-corrected chi connectivity index (χ4v) is 2.34. The Morgan fingerprint density at radius 2 is 1.65 bits per heavy atom. The number of nitrogens with zero attached hydrogens (tertiary/aromatic N) is 2. The maximum Gasteiger partial charge on any atom is 0.255 e. The zero-order valence-corrected chi connectivity index (χ0v) is 13.3. The van der Waals surface area contributed by atoms with E-state index in [2.05, 4.69) is 4.98 Å². The lowest BCUT2D eigenvalue weighted by atomic mass is 9.99. The average Bonchev–Trinajstić information content (AvgIpc) is 2.36. The largest absolute Gasteiger partial charge is 0.388 e. The summed E-state index contributed by atoms with van der Waals surface area (Å²) < 4.78 is 0. The second kappa shape index (κ2) is 6.84. The zero-order valence-electron chi connectivity index (χ0n) is 13.3. The van der Waals surface area contributed by atoms with Crippen molar-refractivity contribution in [3.8, 4) is 0 Å². The molecule has 0 aliphatic heterocycles. The lowest BCUT2D eigenvalue weighted by Crippen LogP contribution is -2.42. The molecule has 20 heavy (non-hydrogen) atoms. The van der Waals surface area contributed by atoms with Gasteiger partial charge in [0.1, 0.15) is 0 Å². The van der Waals surface area contributed by atoms with E-state index >= 15 is 0 Å². The molecule has 4 heteroatoms. The van der Waals surface area contributed by atoms with E-state index in [-0.39, 0.29) is 23.9 Å². The van der Waals surface area contributed by atoms with Crippen molar-refractivity contribution >= 4 is 5.91 Å². The summed E-state index contributed by atoms with van der Waals surface area (Å²) in [7, 11) is 0. The van der Waals surface area contributed by atoms with E-state index in [4.69, 9.17) is 0 Å². The van der Waals surface area contributed by atoms with Gasteiger partial charge in [-0.1, -0.05) is 13.8 Å². The quantitative estimate of drug-likeness (QED) is 0.900. The van der Waals surface area contributed by atoms with Crippen LogP contribution in [0.1, 0.15) is 63.6 Å². The molecule has 1 N–H and O–H groups in total. The van der Waals surface area contributed by atoms with E-state index in [0.717, 1.165) is 0 Å². The number of aliphatic hydroxyl groups excluding tert-OH is 1. The van der Waals surface area contributed by atoms with Gasteiger partial charge < -0.3 is 10.0 Å². The molecule has 0 saturated heterocycles. The molecular weight excluding hydrogens is 252 g/mol. The van der Waals surface area contributed by atoms with Gasteiger partial charge in [-0.2, -0.15) is 0 Å². The van der Waals surface area contributed by atoms with Crippen molar-refractivity contribution in [3.05, 3.63) is 29.6 Å². The smallest absolute Gasteiger partial charge is 0.255 e. The Balaban J connectivity index is 3.08. The van der Waals surface area contributed by atoms with Gasteiger partial charge in [0.15, 0.2) is 0 Å². The van der Waals surface area contributed by atoms with Gasteiger partial charge in [0.2, 0.25) is 0 Å². The summed E-state index contributed by atoms with van der Waals surface area (Å²) in [6.07, 6.45) is 2.59. The third-order valence-corrected chi connectivity index (χ3v) is 3.33. The van der Waals surface area contributed by atoms with Gasteiger partial charge in [-0.15, -0.1) is 0 Å². The summed E-state index contributed by atoms with van der Waals surface area (Å²) in [6.45, 7) is 11.9. The summed E-state index contributed by atoms with van der Waals surface area (Å²) in [5.74, 6) is 0.0498. The molecule has 1 aromatic rings. The summed E-state index contributed by atoms with van der Waals surface area (Å²) in [5.41, 5.74) is 1.22. The van der Waals surface area contributed by atoms with Gasteiger partial charge in [-0.25, -0.2) is 0 Å². The molecule has 112 valence electrons. The molecule has 1 atom stereocenters. The Bertz CT molecular complexity index is 448. The number of aromatic nitrogens is 1. The highest BCUT2D eigenvalue weighted by atomic mass is 16.3. The fourth-order valence-electron chi connectivity index (χ4n) is 2.34. The normalized spacial score (nSPS) is 13.1. The summed E-state index contributed by atoms with van der Waals surface area (Å²) in [4.78, 5) is 18.5. The number of carbonyl (C=O) groups excluding carboxylic acids is 1. The van der Waals surface area contributed by atoms with Crippen LogP contribution < -0.4 is 0 Å². The van der Waals surface area contributed by atoms with Crippen molar-refractivity contribution in [2.75, 3.05) is 0 Å². The molecule has 0 unspecified atom stereocenters. The molecule has 0 saturated carbocycles. The zero-order chi connectivity index (χ0) is 15.4. The van der Waals surface area contributed by atoms with Crippen molar-refractivity contribution in [2.24, 2.45) is 5.92 Å². The number of hydrogen-bond acceptors (Lipinski definition) is 3. The molecule has 0 radical (unpaired) electrons. The van der Waals surface area contributed by atoms with Crippen LogP contribution in [-0.2, 0) is 0 Å². The molecule has 1 heterocycles. The number of amides is 1. The van der Waals surface area contributed by atoms with Gasteiger partial charge in [-0.05, 0) is 45.2 Å². The van der Waals surface area contributed by atoms with Gasteiger partial charge in [0.25, 0.3) is 5.91 Å². The average molecular weight is 278 g/mol. The molecule has 0 bridgehead atoms. The molecule has 1 rings (SSSR count). The third kappa shape index (κ3) is 3.79. The molecule has 4 nitrogen and oxygen atoms in total. The monoisotopic (exact) mass is 278 g/mol. The first-order chi connectivity index (χ1) is 9.25. The van der Waals surface area contributed by atoms with E-state index in [9.17, 15) is 9.90 Å². The lowest BCUT2D eigenvalue weighted by Gasteiger charge is -2.31. The van der Waals surface area contributed by atoms with Crippen molar-refractivity contribution in [2.45, 2.75) is 59.7 Å². The number of hydrogen-bond donors (Lipinski definition) is 1. The fraction of sp³-hybridized carbons (Fsp3) is 0.625. The van der Waals surface area contributed by atoms with Gasteiger partial charge in [0.05, 0.1) is 11.7 Å². The van der Waals surface area contributed by atoms with Gasteiger partial charge >= 0.3 is 0 Å². The van der Waals surface area contributed by atoms with Crippen LogP contribution in [0.2, 0.25) is 0 Å². The number of carbonyl (C=O) groups is 1. The standard InChI is InChI=1S/C16H26N2O2/c1-10(2)15(19)13-7-14(9-17-8-13)16(20)18(11(3)4)12(5)6/h7-12,15,19H,1-6H3/t15-/m1/s1. The highest BCUT2D eigenvalue weighted by Crippen LogP contribution is 2.22. The van der Waals surface area contributed by atoms with Crippen LogP contribution in [0.5, 0.6) is 0 Å². The molecule has 0 aliphatic carbocycles. The maximum atomic E-state index is 12.6. The number of pyridine rings is 1. The van der Waals surface area contributed by atoms with Crippen LogP contribution in [0.25, 0.3) is 0 Å². The van der Waals surface area contributed by atoms with Crippen LogP contribution in [0.3, 0.4) is 0 Å². The first-order valence-electron chi connectivity index (χ1n) is 7.21. The minimum absolute atomic E-state index is 0.0414. The van der Waals surface area contributed by atoms with Crippen molar-refractivity contribution in [1.82, 2.24) is 9.88 Å². The summed E-state index contributed by atoms with van der Waals surface area (Å²) in [6, 6.07) is 2.00. The SMILES string of the molecule is CC(C)[C@@H](O)c1cncc(C(=O)N(C(C)C)C(C)C)c1.